The van der Waals surface area contributed by atoms with Crippen LogP contribution in [0.15, 0.2) is 84.6 Å². The van der Waals surface area contributed by atoms with Crippen LogP contribution in [0.2, 0.25) is 10.0 Å². The Kier molecular flexibility index (Phi) is 9.59. The number of rotatable bonds is 11. The van der Waals surface area contributed by atoms with Crippen molar-refractivity contribution in [3.05, 3.63) is 106 Å². The Morgan fingerprint density at radius 1 is 0.980 bits per heavy atom. The smallest absolute Gasteiger partial charge is 0.350 e. The Labute approximate surface area is 293 Å². The van der Waals surface area contributed by atoms with E-state index in [1.165, 1.54) is 11.0 Å². The summed E-state index contributed by atoms with van der Waals surface area (Å²) in [4.78, 5) is 26.1. The number of anilines is 2. The average Bonchev–Trinajstić information content (AvgIpc) is 3.88. The molecule has 13 nitrogen and oxygen atoms in total. The zero-order chi connectivity index (χ0) is 34.0. The molecule has 5 aromatic rings. The van der Waals surface area contributed by atoms with E-state index in [0.29, 0.717) is 28.0 Å². The topological polar surface area (TPSA) is 118 Å². The maximum absolute atomic E-state index is 12.8. The minimum absolute atomic E-state index is 0.0594. The second-order valence-electron chi connectivity index (χ2n) is 12.2. The molecule has 15 heteroatoms. The zero-order valence-corrected chi connectivity index (χ0v) is 28.7. The Morgan fingerprint density at radius 2 is 1.76 bits per heavy atom. The van der Waals surface area contributed by atoms with E-state index < -0.39 is 5.79 Å². The molecule has 2 fully saturated rings. The van der Waals surface area contributed by atoms with Gasteiger partial charge in [-0.15, -0.1) is 0 Å². The van der Waals surface area contributed by atoms with Crippen LogP contribution in [0.25, 0.3) is 5.69 Å². The van der Waals surface area contributed by atoms with Gasteiger partial charge in [-0.1, -0.05) is 36.2 Å². The first-order valence-corrected chi connectivity index (χ1v) is 17.0. The summed E-state index contributed by atoms with van der Waals surface area (Å²) in [5.74, 6) is 0.356. The fraction of sp³-hybridized carbons (Fsp3) is 0.382. The Balaban J connectivity index is 0.925. The summed E-state index contributed by atoms with van der Waals surface area (Å²) in [5.41, 5.74) is 2.45. The summed E-state index contributed by atoms with van der Waals surface area (Å²) in [5, 5.41) is 9.47. The molecule has 3 atom stereocenters. The molecule has 0 bridgehead atoms. The highest BCUT2D eigenvalue weighted by Crippen LogP contribution is 2.40. The molecule has 0 saturated carbocycles. The van der Waals surface area contributed by atoms with Crippen molar-refractivity contribution in [2.24, 2.45) is 0 Å². The van der Waals surface area contributed by atoms with E-state index in [2.05, 4.69) is 42.1 Å². The van der Waals surface area contributed by atoms with Crippen LogP contribution < -0.4 is 20.2 Å². The molecule has 0 N–H and O–H groups in total. The molecule has 2 aliphatic rings. The van der Waals surface area contributed by atoms with Crippen molar-refractivity contribution < 1.29 is 14.2 Å². The minimum Gasteiger partial charge on any atom is -0.489 e. The molecular formula is C34H37Cl2N9O4. The zero-order valence-electron chi connectivity index (χ0n) is 27.2. The highest BCUT2D eigenvalue weighted by Gasteiger charge is 2.45. The van der Waals surface area contributed by atoms with E-state index in [9.17, 15) is 4.79 Å². The molecule has 0 aliphatic carbocycles. The third-order valence-corrected chi connectivity index (χ3v) is 9.54. The van der Waals surface area contributed by atoms with Crippen LogP contribution >= 0.6 is 23.2 Å². The number of pyridine rings is 1. The molecule has 2 aromatic carbocycles. The molecule has 2 saturated heterocycles. The number of aromatic nitrogens is 7. The largest absolute Gasteiger partial charge is 0.489 e. The molecule has 0 spiro atoms. The van der Waals surface area contributed by atoms with Gasteiger partial charge in [0.05, 0.1) is 29.6 Å². The van der Waals surface area contributed by atoms with E-state index in [0.717, 1.165) is 49.8 Å². The predicted octanol–water partition coefficient (Wildman–Crippen LogP) is 4.97. The van der Waals surface area contributed by atoms with Gasteiger partial charge in [-0.2, -0.15) is 10.2 Å². The van der Waals surface area contributed by atoms with Crippen molar-refractivity contribution in [1.29, 1.82) is 0 Å². The normalized spacial score (nSPS) is 20.1. The third kappa shape index (κ3) is 7.02. The van der Waals surface area contributed by atoms with Crippen LogP contribution in [-0.2, 0) is 21.8 Å². The van der Waals surface area contributed by atoms with Gasteiger partial charge in [0.2, 0.25) is 5.79 Å². The van der Waals surface area contributed by atoms with Gasteiger partial charge in [-0.3, -0.25) is 0 Å². The first kappa shape index (κ1) is 33.1. The van der Waals surface area contributed by atoms with Crippen LogP contribution in [0.5, 0.6) is 5.75 Å². The standard InChI is InChI=1S/C34H37Cl2N9O4/c1-3-24(2)45-33(46)44(23-40-45)27-7-5-26(6-8-27)41-12-14-42(15-13-41)32-11-9-28(17-38-32)47-18-29-19-48-34(49-29,20-43-22-37-21-39-43)30-10-4-25(35)16-31(30)36/h4-11,16-17,21-24,29H,3,12-15,18-20H2,1-2H3/t24-,29+,34+/m0/s1. The first-order chi connectivity index (χ1) is 23.8. The van der Waals surface area contributed by atoms with Gasteiger partial charge in [0.15, 0.2) is 0 Å². The van der Waals surface area contributed by atoms with E-state index >= 15 is 0 Å². The van der Waals surface area contributed by atoms with Crippen LogP contribution in [0.1, 0.15) is 31.9 Å². The molecule has 49 heavy (non-hydrogen) atoms. The van der Waals surface area contributed by atoms with Crippen molar-refractivity contribution in [3.63, 3.8) is 0 Å². The summed E-state index contributed by atoms with van der Waals surface area (Å²) in [6, 6.07) is 17.2. The molecule has 256 valence electrons. The van der Waals surface area contributed by atoms with E-state index in [-0.39, 0.29) is 31.0 Å². The molecule has 2 aliphatic heterocycles. The van der Waals surface area contributed by atoms with Gasteiger partial charge in [-0.25, -0.2) is 28.7 Å². The van der Waals surface area contributed by atoms with Gasteiger partial charge >= 0.3 is 5.69 Å². The number of halogens is 2. The molecular weight excluding hydrogens is 669 g/mol. The highest BCUT2D eigenvalue weighted by atomic mass is 35.5. The predicted molar refractivity (Wildman–Crippen MR) is 186 cm³/mol. The van der Waals surface area contributed by atoms with Crippen LogP contribution in [0.4, 0.5) is 11.5 Å². The maximum Gasteiger partial charge on any atom is 0.350 e. The Bertz CT molecular complexity index is 1910. The number of ether oxygens (including phenoxy) is 3. The maximum atomic E-state index is 12.8. The number of hydrogen-bond donors (Lipinski definition) is 0. The number of nitrogens with zero attached hydrogens (tertiary/aromatic N) is 9. The summed E-state index contributed by atoms with van der Waals surface area (Å²) in [6.07, 6.45) is 6.87. The first-order valence-electron chi connectivity index (χ1n) is 16.3. The van der Waals surface area contributed by atoms with Gasteiger partial charge in [-0.05, 0) is 61.9 Å². The number of piperazine rings is 1. The SMILES string of the molecule is CC[C@H](C)n1ncn(-c2ccc(N3CCN(c4ccc(OC[C@@H]5CO[C@@](Cn6cncn6)(c6ccc(Cl)cc6Cl)O5)cn4)CC3)cc2)c1=O. The van der Waals surface area contributed by atoms with Crippen LogP contribution in [-0.4, -0.2) is 79.6 Å². The summed E-state index contributed by atoms with van der Waals surface area (Å²) < 4.78 is 23.5. The molecule has 0 radical (unpaired) electrons. The van der Waals surface area contributed by atoms with Crippen molar-refractivity contribution in [2.45, 2.75) is 44.7 Å². The molecule has 0 unspecified atom stereocenters. The van der Waals surface area contributed by atoms with Crippen molar-refractivity contribution in [3.8, 4) is 11.4 Å². The summed E-state index contributed by atoms with van der Waals surface area (Å²) >= 11 is 12.7. The molecule has 0 amide bonds. The van der Waals surface area contributed by atoms with Gasteiger partial charge in [0, 0.05) is 42.5 Å². The lowest BCUT2D eigenvalue weighted by molar-refractivity contribution is -0.190. The second-order valence-corrected chi connectivity index (χ2v) is 13.0. The lowest BCUT2D eigenvalue weighted by atomic mass is 10.1. The lowest BCUT2D eigenvalue weighted by Gasteiger charge is -2.36. The van der Waals surface area contributed by atoms with Crippen molar-refractivity contribution >= 4 is 34.7 Å². The minimum atomic E-state index is -1.17. The van der Waals surface area contributed by atoms with Gasteiger partial charge in [0.25, 0.3) is 0 Å². The average molecular weight is 707 g/mol. The lowest BCUT2D eigenvalue weighted by Crippen LogP contribution is -2.46. The Morgan fingerprint density at radius 3 is 2.45 bits per heavy atom. The molecule has 7 rings (SSSR count). The van der Waals surface area contributed by atoms with E-state index in [1.54, 1.807) is 46.3 Å². The monoisotopic (exact) mass is 705 g/mol. The second kappa shape index (κ2) is 14.2. The summed E-state index contributed by atoms with van der Waals surface area (Å²) in [6.45, 7) is 8.19. The van der Waals surface area contributed by atoms with Gasteiger partial charge < -0.3 is 24.0 Å². The van der Waals surface area contributed by atoms with Crippen molar-refractivity contribution in [1.82, 2.24) is 34.1 Å². The Hall–Kier alpha value is -4.43. The van der Waals surface area contributed by atoms with Crippen LogP contribution in [0.3, 0.4) is 0 Å². The molecule has 5 heterocycles. The third-order valence-electron chi connectivity index (χ3n) is 8.99. The van der Waals surface area contributed by atoms with Crippen molar-refractivity contribution in [2.75, 3.05) is 49.2 Å². The van der Waals surface area contributed by atoms with E-state index in [1.807, 2.05) is 38.1 Å². The molecule has 3 aromatic heterocycles. The quantitative estimate of drug-likeness (QED) is 0.186. The number of benzene rings is 2. The fourth-order valence-corrected chi connectivity index (χ4v) is 6.66. The van der Waals surface area contributed by atoms with Crippen LogP contribution in [0, 0.1) is 0 Å². The van der Waals surface area contributed by atoms with Gasteiger partial charge in [0.1, 0.15) is 49.8 Å². The highest BCUT2D eigenvalue weighted by molar-refractivity contribution is 6.35. The van der Waals surface area contributed by atoms with E-state index in [4.69, 9.17) is 37.4 Å². The fourth-order valence-electron chi connectivity index (χ4n) is 6.10. The number of hydrogen-bond acceptors (Lipinski definition) is 10. The summed E-state index contributed by atoms with van der Waals surface area (Å²) in [7, 11) is 0.